The molecule has 0 unspecified atom stereocenters. The third-order valence-corrected chi connectivity index (χ3v) is 5.34. The molecule has 29 heavy (non-hydrogen) atoms. The number of benzene rings is 2. The molecule has 2 aliphatic heterocycles. The van der Waals surface area contributed by atoms with Crippen LogP contribution >= 0.6 is 0 Å². The number of anilines is 1. The van der Waals surface area contributed by atoms with Gasteiger partial charge < -0.3 is 24.4 Å². The summed E-state index contributed by atoms with van der Waals surface area (Å²) in [4.78, 5) is 16.9. The molecule has 2 amide bonds. The first-order valence-corrected chi connectivity index (χ1v) is 10.0. The number of ether oxygens (including phenoxy) is 3. The molecule has 7 heteroatoms. The molecular weight excluding hydrogens is 370 g/mol. The van der Waals surface area contributed by atoms with Crippen LogP contribution in [-0.4, -0.2) is 68.9 Å². The lowest BCUT2D eigenvalue weighted by molar-refractivity contribution is 0.148. The van der Waals surface area contributed by atoms with E-state index < -0.39 is 0 Å². The first-order chi connectivity index (χ1) is 14.2. The topological polar surface area (TPSA) is 63.3 Å². The molecule has 1 N–H and O–H groups in total. The predicted molar refractivity (Wildman–Crippen MR) is 111 cm³/mol. The highest BCUT2D eigenvalue weighted by Crippen LogP contribution is 2.32. The molecule has 2 aromatic carbocycles. The Morgan fingerprint density at radius 3 is 2.59 bits per heavy atom. The smallest absolute Gasteiger partial charge is 0.321 e. The summed E-state index contributed by atoms with van der Waals surface area (Å²) >= 11 is 0. The van der Waals surface area contributed by atoms with Crippen molar-refractivity contribution in [3.63, 3.8) is 0 Å². The Balaban J connectivity index is 1.25. The lowest BCUT2D eigenvalue weighted by Gasteiger charge is -2.34. The molecule has 2 heterocycles. The first kappa shape index (κ1) is 19.4. The van der Waals surface area contributed by atoms with Crippen LogP contribution in [0.4, 0.5) is 10.5 Å². The highest BCUT2D eigenvalue weighted by Gasteiger charge is 2.22. The van der Waals surface area contributed by atoms with Gasteiger partial charge in [0, 0.05) is 44.5 Å². The van der Waals surface area contributed by atoms with Crippen molar-refractivity contribution in [1.29, 1.82) is 0 Å². The van der Waals surface area contributed by atoms with E-state index in [1.807, 2.05) is 41.3 Å². The summed E-state index contributed by atoms with van der Waals surface area (Å²) < 4.78 is 16.5. The number of methoxy groups -OCH3 is 1. The van der Waals surface area contributed by atoms with Gasteiger partial charge in [-0.2, -0.15) is 0 Å². The average Bonchev–Trinajstić information content (AvgIpc) is 2.78. The summed E-state index contributed by atoms with van der Waals surface area (Å²) in [5, 5.41) is 2.97. The van der Waals surface area contributed by atoms with Crippen molar-refractivity contribution in [2.45, 2.75) is 6.42 Å². The third kappa shape index (κ3) is 4.74. The second kappa shape index (κ2) is 9.05. The van der Waals surface area contributed by atoms with E-state index in [0.717, 1.165) is 43.2 Å². The standard InChI is InChI=1S/C22H27N3O4/c1-27-19-5-3-2-4-17(19)8-9-24-10-12-25(13-11-24)22(26)23-18-6-7-20-21(16-18)29-15-14-28-20/h2-7,16H,8-15H2,1H3,(H,23,26). The fraction of sp³-hybridized carbons (Fsp3) is 0.409. The molecule has 0 radical (unpaired) electrons. The van der Waals surface area contributed by atoms with Crippen LogP contribution in [0.25, 0.3) is 0 Å². The van der Waals surface area contributed by atoms with E-state index in [9.17, 15) is 4.79 Å². The monoisotopic (exact) mass is 397 g/mol. The van der Waals surface area contributed by atoms with Gasteiger partial charge in [-0.3, -0.25) is 4.90 Å². The van der Waals surface area contributed by atoms with Crippen LogP contribution in [0.1, 0.15) is 5.56 Å². The van der Waals surface area contributed by atoms with E-state index >= 15 is 0 Å². The minimum Gasteiger partial charge on any atom is -0.496 e. The quantitative estimate of drug-likeness (QED) is 0.841. The number of hydrogen-bond acceptors (Lipinski definition) is 5. The molecule has 2 aromatic rings. The van der Waals surface area contributed by atoms with E-state index in [4.69, 9.17) is 14.2 Å². The largest absolute Gasteiger partial charge is 0.496 e. The summed E-state index contributed by atoms with van der Waals surface area (Å²) in [5.74, 6) is 2.33. The molecule has 0 aliphatic carbocycles. The number of amides is 2. The van der Waals surface area contributed by atoms with Crippen LogP contribution in [0.15, 0.2) is 42.5 Å². The Kier molecular flexibility index (Phi) is 6.05. The second-order valence-corrected chi connectivity index (χ2v) is 7.18. The number of para-hydroxylation sites is 1. The minimum atomic E-state index is -0.0777. The van der Waals surface area contributed by atoms with Crippen LogP contribution in [0.5, 0.6) is 17.2 Å². The van der Waals surface area contributed by atoms with Crippen molar-refractivity contribution in [1.82, 2.24) is 9.80 Å². The molecule has 0 saturated carbocycles. The maximum atomic E-state index is 12.6. The second-order valence-electron chi connectivity index (χ2n) is 7.18. The van der Waals surface area contributed by atoms with Crippen LogP contribution in [0, 0.1) is 0 Å². The van der Waals surface area contributed by atoms with Crippen molar-refractivity contribution < 1.29 is 19.0 Å². The molecule has 2 aliphatic rings. The number of carbonyl (C=O) groups excluding carboxylic acids is 1. The third-order valence-electron chi connectivity index (χ3n) is 5.34. The maximum absolute atomic E-state index is 12.6. The van der Waals surface area contributed by atoms with Crippen LogP contribution in [0.3, 0.4) is 0 Å². The molecule has 1 fully saturated rings. The normalized spacial score (nSPS) is 16.4. The van der Waals surface area contributed by atoms with Crippen LogP contribution in [0.2, 0.25) is 0 Å². The number of nitrogens with one attached hydrogen (secondary N) is 1. The van der Waals surface area contributed by atoms with E-state index in [2.05, 4.69) is 16.3 Å². The fourth-order valence-corrected chi connectivity index (χ4v) is 3.69. The number of urea groups is 1. The number of nitrogens with zero attached hydrogens (tertiary/aromatic N) is 2. The van der Waals surface area contributed by atoms with E-state index in [1.54, 1.807) is 7.11 Å². The van der Waals surface area contributed by atoms with Gasteiger partial charge in [0.15, 0.2) is 11.5 Å². The number of piperazine rings is 1. The summed E-state index contributed by atoms with van der Waals surface area (Å²) in [6.07, 6.45) is 0.938. The van der Waals surface area contributed by atoms with E-state index in [0.29, 0.717) is 32.1 Å². The van der Waals surface area contributed by atoms with Gasteiger partial charge in [0.1, 0.15) is 19.0 Å². The van der Waals surface area contributed by atoms with Crippen LogP contribution in [-0.2, 0) is 6.42 Å². The highest BCUT2D eigenvalue weighted by molar-refractivity contribution is 5.89. The average molecular weight is 397 g/mol. The maximum Gasteiger partial charge on any atom is 0.321 e. The molecule has 0 atom stereocenters. The Hall–Kier alpha value is -2.93. The van der Waals surface area contributed by atoms with Crippen molar-refractivity contribution in [3.8, 4) is 17.2 Å². The van der Waals surface area contributed by atoms with E-state index in [-0.39, 0.29) is 6.03 Å². The zero-order chi connectivity index (χ0) is 20.1. The van der Waals surface area contributed by atoms with Gasteiger partial charge in [0.05, 0.1) is 7.11 Å². The van der Waals surface area contributed by atoms with Crippen molar-refractivity contribution >= 4 is 11.7 Å². The van der Waals surface area contributed by atoms with Gasteiger partial charge in [-0.15, -0.1) is 0 Å². The summed E-state index contributed by atoms with van der Waals surface area (Å²) in [6, 6.07) is 13.5. The molecule has 0 bridgehead atoms. The van der Waals surface area contributed by atoms with E-state index in [1.165, 1.54) is 5.56 Å². The molecular formula is C22H27N3O4. The Labute approximate surface area is 171 Å². The molecule has 4 rings (SSSR count). The zero-order valence-corrected chi connectivity index (χ0v) is 16.7. The molecule has 154 valence electrons. The highest BCUT2D eigenvalue weighted by atomic mass is 16.6. The fourth-order valence-electron chi connectivity index (χ4n) is 3.69. The van der Waals surface area contributed by atoms with Gasteiger partial charge in [-0.1, -0.05) is 18.2 Å². The van der Waals surface area contributed by atoms with Gasteiger partial charge >= 0.3 is 6.03 Å². The van der Waals surface area contributed by atoms with Gasteiger partial charge in [-0.05, 0) is 30.2 Å². The summed E-state index contributed by atoms with van der Waals surface area (Å²) in [7, 11) is 1.71. The molecule has 0 aromatic heterocycles. The predicted octanol–water partition coefficient (Wildman–Crippen LogP) is 2.86. The number of hydrogen-bond donors (Lipinski definition) is 1. The Bertz CT molecular complexity index is 850. The van der Waals surface area contributed by atoms with Gasteiger partial charge in [0.2, 0.25) is 0 Å². The van der Waals surface area contributed by atoms with Gasteiger partial charge in [0.25, 0.3) is 0 Å². The van der Waals surface area contributed by atoms with Gasteiger partial charge in [-0.25, -0.2) is 4.79 Å². The van der Waals surface area contributed by atoms with Crippen molar-refractivity contribution in [2.24, 2.45) is 0 Å². The Morgan fingerprint density at radius 1 is 1.03 bits per heavy atom. The number of fused-ring (bicyclic) bond motifs is 1. The molecule has 7 nitrogen and oxygen atoms in total. The Morgan fingerprint density at radius 2 is 1.79 bits per heavy atom. The SMILES string of the molecule is COc1ccccc1CCN1CCN(C(=O)Nc2ccc3c(c2)OCCO3)CC1. The summed E-state index contributed by atoms with van der Waals surface area (Å²) in [6.45, 7) is 5.19. The lowest BCUT2D eigenvalue weighted by Crippen LogP contribution is -2.50. The zero-order valence-electron chi connectivity index (χ0n) is 16.7. The number of carbonyl (C=O) groups is 1. The minimum absolute atomic E-state index is 0.0777. The lowest BCUT2D eigenvalue weighted by atomic mass is 10.1. The van der Waals surface area contributed by atoms with Crippen LogP contribution < -0.4 is 19.5 Å². The van der Waals surface area contributed by atoms with Crippen molar-refractivity contribution in [2.75, 3.05) is 58.4 Å². The van der Waals surface area contributed by atoms with Crippen molar-refractivity contribution in [3.05, 3.63) is 48.0 Å². The summed E-state index contributed by atoms with van der Waals surface area (Å²) in [5.41, 5.74) is 1.94. The molecule has 1 saturated heterocycles. The molecule has 0 spiro atoms. The number of rotatable bonds is 5. The first-order valence-electron chi connectivity index (χ1n) is 10.0.